The molecule has 0 saturated heterocycles. The molecule has 0 bridgehead atoms. The molecule has 3 aromatic rings. The first-order chi connectivity index (χ1) is 10.2. The highest BCUT2D eigenvalue weighted by Crippen LogP contribution is 2.29. The summed E-state index contributed by atoms with van der Waals surface area (Å²) in [6, 6.07) is 12.1. The number of anilines is 1. The molecule has 0 aliphatic heterocycles. The number of hydrogen-bond acceptors (Lipinski definition) is 3. The molecule has 3 rings (SSSR count). The highest BCUT2D eigenvalue weighted by molar-refractivity contribution is 7.10. The maximum absolute atomic E-state index is 13.3. The highest BCUT2D eigenvalue weighted by Gasteiger charge is 2.15. The lowest BCUT2D eigenvalue weighted by Crippen LogP contribution is -2.12. The van der Waals surface area contributed by atoms with Gasteiger partial charge in [0.1, 0.15) is 0 Å². The van der Waals surface area contributed by atoms with Crippen molar-refractivity contribution in [3.8, 4) is 0 Å². The van der Waals surface area contributed by atoms with E-state index >= 15 is 0 Å². The topological polar surface area (TPSA) is 12.0 Å². The molecule has 0 saturated carbocycles. The minimum absolute atomic E-state index is 0.0495. The second-order valence-electron chi connectivity index (χ2n) is 4.62. The summed E-state index contributed by atoms with van der Waals surface area (Å²) in [6.45, 7) is 0. The van der Waals surface area contributed by atoms with E-state index < -0.39 is 11.6 Å². The SMILES string of the molecule is Fc1ccc(NC(Cc2cccs2)c2cccs2)cc1F. The Morgan fingerprint density at radius 3 is 2.43 bits per heavy atom. The second kappa shape index (κ2) is 6.37. The van der Waals surface area contributed by atoms with Crippen LogP contribution in [0.5, 0.6) is 0 Å². The van der Waals surface area contributed by atoms with Crippen molar-refractivity contribution in [2.45, 2.75) is 12.5 Å². The van der Waals surface area contributed by atoms with Crippen LogP contribution in [0.25, 0.3) is 0 Å². The Morgan fingerprint density at radius 1 is 0.952 bits per heavy atom. The van der Waals surface area contributed by atoms with E-state index in [0.29, 0.717) is 5.69 Å². The molecule has 1 aromatic carbocycles. The predicted molar refractivity (Wildman–Crippen MR) is 85.1 cm³/mol. The van der Waals surface area contributed by atoms with Crippen molar-refractivity contribution in [1.29, 1.82) is 0 Å². The van der Waals surface area contributed by atoms with Gasteiger partial charge in [0, 0.05) is 27.9 Å². The van der Waals surface area contributed by atoms with Gasteiger partial charge >= 0.3 is 0 Å². The molecule has 21 heavy (non-hydrogen) atoms. The zero-order valence-electron chi connectivity index (χ0n) is 11.1. The molecule has 0 aliphatic rings. The molecule has 1 unspecified atom stereocenters. The molecule has 1 N–H and O–H groups in total. The molecular formula is C16H13F2NS2. The van der Waals surface area contributed by atoms with E-state index in [0.717, 1.165) is 12.5 Å². The summed E-state index contributed by atoms with van der Waals surface area (Å²) in [5, 5.41) is 7.36. The van der Waals surface area contributed by atoms with Gasteiger partial charge in [0.2, 0.25) is 0 Å². The van der Waals surface area contributed by atoms with Crippen LogP contribution >= 0.6 is 22.7 Å². The van der Waals surface area contributed by atoms with E-state index in [9.17, 15) is 8.78 Å². The normalized spacial score (nSPS) is 12.3. The van der Waals surface area contributed by atoms with E-state index in [1.165, 1.54) is 15.8 Å². The first kappa shape index (κ1) is 14.2. The number of thiophene rings is 2. The molecule has 0 aliphatic carbocycles. The molecule has 1 atom stereocenters. The van der Waals surface area contributed by atoms with Crippen LogP contribution in [0.2, 0.25) is 0 Å². The van der Waals surface area contributed by atoms with Crippen LogP contribution in [-0.2, 0) is 6.42 Å². The fourth-order valence-electron chi connectivity index (χ4n) is 2.13. The standard InChI is InChI=1S/C16H13F2NS2/c17-13-6-5-11(9-14(13)18)19-15(16-4-2-8-21-16)10-12-3-1-7-20-12/h1-9,15,19H,10H2. The smallest absolute Gasteiger partial charge is 0.160 e. The molecule has 0 spiro atoms. The predicted octanol–water partition coefficient (Wildman–Crippen LogP) is 5.48. The van der Waals surface area contributed by atoms with E-state index in [2.05, 4.69) is 17.4 Å². The lowest BCUT2D eigenvalue weighted by Gasteiger charge is -2.18. The van der Waals surface area contributed by atoms with Crippen LogP contribution in [0.1, 0.15) is 15.8 Å². The number of halogens is 2. The van der Waals surface area contributed by atoms with Crippen molar-refractivity contribution in [2.24, 2.45) is 0 Å². The molecule has 0 fully saturated rings. The highest BCUT2D eigenvalue weighted by atomic mass is 32.1. The summed E-state index contributed by atoms with van der Waals surface area (Å²) in [5.74, 6) is -1.66. The van der Waals surface area contributed by atoms with Gasteiger partial charge in [0.25, 0.3) is 0 Å². The number of hydrogen-bond donors (Lipinski definition) is 1. The zero-order valence-corrected chi connectivity index (χ0v) is 12.7. The fourth-order valence-corrected chi connectivity index (χ4v) is 3.66. The van der Waals surface area contributed by atoms with Gasteiger partial charge in [-0.05, 0) is 35.0 Å². The summed E-state index contributed by atoms with van der Waals surface area (Å²) in [5.41, 5.74) is 0.587. The van der Waals surface area contributed by atoms with E-state index in [1.807, 2.05) is 22.9 Å². The van der Waals surface area contributed by atoms with E-state index in [-0.39, 0.29) is 6.04 Å². The lowest BCUT2D eigenvalue weighted by molar-refractivity contribution is 0.509. The van der Waals surface area contributed by atoms with Crippen LogP contribution in [0.4, 0.5) is 14.5 Å². The molecule has 1 nitrogen and oxygen atoms in total. The first-order valence-corrected chi connectivity index (χ1v) is 8.25. The molecule has 0 amide bonds. The van der Waals surface area contributed by atoms with Gasteiger partial charge in [-0.1, -0.05) is 12.1 Å². The average molecular weight is 321 g/mol. The molecule has 5 heteroatoms. The Labute approximate surface area is 129 Å². The second-order valence-corrected chi connectivity index (χ2v) is 6.64. The third-order valence-electron chi connectivity index (χ3n) is 3.13. The quantitative estimate of drug-likeness (QED) is 0.656. The van der Waals surface area contributed by atoms with Crippen LogP contribution in [0.15, 0.2) is 53.2 Å². The Morgan fingerprint density at radius 2 is 1.76 bits per heavy atom. The molecule has 2 aromatic heterocycles. The van der Waals surface area contributed by atoms with Crippen LogP contribution < -0.4 is 5.32 Å². The van der Waals surface area contributed by atoms with Crippen LogP contribution in [0.3, 0.4) is 0 Å². The number of nitrogens with one attached hydrogen (secondary N) is 1. The molecule has 108 valence electrons. The Hall–Kier alpha value is -1.72. The van der Waals surface area contributed by atoms with Crippen molar-refractivity contribution < 1.29 is 8.78 Å². The van der Waals surface area contributed by atoms with Crippen molar-refractivity contribution in [3.05, 3.63) is 74.6 Å². The zero-order chi connectivity index (χ0) is 14.7. The monoisotopic (exact) mass is 321 g/mol. The van der Waals surface area contributed by atoms with Gasteiger partial charge in [0.05, 0.1) is 6.04 Å². The third kappa shape index (κ3) is 3.49. The number of rotatable bonds is 5. The lowest BCUT2D eigenvalue weighted by atomic mass is 10.1. The van der Waals surface area contributed by atoms with Crippen LogP contribution in [0, 0.1) is 11.6 Å². The minimum atomic E-state index is -0.832. The maximum Gasteiger partial charge on any atom is 0.160 e. The molecular weight excluding hydrogens is 308 g/mol. The van der Waals surface area contributed by atoms with E-state index in [1.54, 1.807) is 28.7 Å². The van der Waals surface area contributed by atoms with Gasteiger partial charge in [-0.3, -0.25) is 0 Å². The summed E-state index contributed by atoms with van der Waals surface area (Å²) < 4.78 is 26.4. The van der Waals surface area contributed by atoms with Gasteiger partial charge in [-0.2, -0.15) is 0 Å². The van der Waals surface area contributed by atoms with Crippen molar-refractivity contribution >= 4 is 28.4 Å². The number of benzene rings is 1. The maximum atomic E-state index is 13.3. The van der Waals surface area contributed by atoms with Crippen LogP contribution in [-0.4, -0.2) is 0 Å². The van der Waals surface area contributed by atoms with E-state index in [4.69, 9.17) is 0 Å². The van der Waals surface area contributed by atoms with Gasteiger partial charge in [0.15, 0.2) is 11.6 Å². The van der Waals surface area contributed by atoms with Crippen molar-refractivity contribution in [1.82, 2.24) is 0 Å². The molecule has 2 heterocycles. The molecule has 0 radical (unpaired) electrons. The van der Waals surface area contributed by atoms with Gasteiger partial charge < -0.3 is 5.32 Å². The summed E-state index contributed by atoms with van der Waals surface area (Å²) in [7, 11) is 0. The largest absolute Gasteiger partial charge is 0.377 e. The first-order valence-electron chi connectivity index (χ1n) is 6.50. The average Bonchev–Trinajstić information content (AvgIpc) is 3.15. The van der Waals surface area contributed by atoms with Crippen molar-refractivity contribution in [2.75, 3.05) is 5.32 Å². The Kier molecular flexibility index (Phi) is 4.31. The van der Waals surface area contributed by atoms with Gasteiger partial charge in [-0.25, -0.2) is 8.78 Å². The fraction of sp³-hybridized carbons (Fsp3) is 0.125. The third-order valence-corrected chi connectivity index (χ3v) is 5.02. The van der Waals surface area contributed by atoms with Gasteiger partial charge in [-0.15, -0.1) is 22.7 Å². The summed E-state index contributed by atoms with van der Waals surface area (Å²) >= 11 is 3.35. The Bertz CT molecular complexity index is 693. The summed E-state index contributed by atoms with van der Waals surface area (Å²) in [6.07, 6.45) is 0.817. The Balaban J connectivity index is 1.83. The van der Waals surface area contributed by atoms with Crippen molar-refractivity contribution in [3.63, 3.8) is 0 Å². The minimum Gasteiger partial charge on any atom is -0.377 e. The summed E-state index contributed by atoms with van der Waals surface area (Å²) in [4.78, 5) is 2.43.